The van der Waals surface area contributed by atoms with Gasteiger partial charge in [0.2, 0.25) is 5.91 Å². The van der Waals surface area contributed by atoms with Crippen molar-refractivity contribution in [3.63, 3.8) is 0 Å². The zero-order chi connectivity index (χ0) is 38.6. The smallest absolute Gasteiger partial charge is 0.416 e. The lowest BCUT2D eigenvalue weighted by atomic mass is 9.82. The number of nitrogens with zero attached hydrogens (tertiary/aromatic N) is 2. The summed E-state index contributed by atoms with van der Waals surface area (Å²) in [7, 11) is 1.31. The van der Waals surface area contributed by atoms with Gasteiger partial charge in [-0.2, -0.15) is 13.2 Å². The fraction of sp³-hybridized carbons (Fsp3) is 0.439. The Bertz CT molecular complexity index is 1900. The quantitative estimate of drug-likeness (QED) is 0.136. The van der Waals surface area contributed by atoms with Gasteiger partial charge in [0.05, 0.1) is 23.7 Å². The molecule has 1 saturated heterocycles. The van der Waals surface area contributed by atoms with Gasteiger partial charge in [0, 0.05) is 50.1 Å². The molecule has 0 radical (unpaired) electrons. The third-order valence-electron chi connectivity index (χ3n) is 10.2. The topological polar surface area (TPSA) is 97.4 Å². The average Bonchev–Trinajstić information content (AvgIpc) is 3.99. The van der Waals surface area contributed by atoms with Gasteiger partial charge in [0.25, 0.3) is 5.91 Å². The fourth-order valence-corrected chi connectivity index (χ4v) is 7.37. The Kier molecular flexibility index (Phi) is 12.2. The van der Waals surface area contributed by atoms with Crippen molar-refractivity contribution >= 4 is 35.0 Å². The van der Waals surface area contributed by atoms with Crippen molar-refractivity contribution in [1.29, 1.82) is 0 Å². The van der Waals surface area contributed by atoms with E-state index in [9.17, 15) is 27.6 Å². The molecule has 3 aromatic rings. The molecule has 1 aliphatic carbocycles. The molecule has 2 bridgehead atoms. The van der Waals surface area contributed by atoms with E-state index in [4.69, 9.17) is 25.8 Å². The Labute approximate surface area is 318 Å². The molecule has 1 N–H and O–H groups in total. The summed E-state index contributed by atoms with van der Waals surface area (Å²) in [6.45, 7) is 5.24. The highest BCUT2D eigenvalue weighted by atomic mass is 35.5. The first-order valence-electron chi connectivity index (χ1n) is 18.2. The SMILES string of the molecule is COC(=O)CCCC(=O)N1C[C@H]2CC(c3ccc(OCCOc4cc(C)c(C)cc4Cl)cc3)=C(C(=O)N(Cc3cccc(C(F)(F)F)c3)C3CC3)[C@@H](C1)N2. The molecule has 2 aliphatic heterocycles. The number of nitrogens with one attached hydrogen (secondary N) is 1. The van der Waals surface area contributed by atoms with Crippen LogP contribution in [0.15, 0.2) is 66.2 Å². The van der Waals surface area contributed by atoms with Crippen LogP contribution in [-0.4, -0.2) is 79.1 Å². The number of carbonyl (C=O) groups is 3. The number of halogens is 4. The molecule has 9 nitrogen and oxygen atoms in total. The van der Waals surface area contributed by atoms with Gasteiger partial charge in [-0.05, 0) is 104 Å². The second-order valence-corrected chi connectivity index (χ2v) is 14.6. The largest absolute Gasteiger partial charge is 0.490 e. The number of piperazine rings is 1. The predicted molar refractivity (Wildman–Crippen MR) is 198 cm³/mol. The zero-order valence-corrected chi connectivity index (χ0v) is 31.4. The van der Waals surface area contributed by atoms with Crippen molar-refractivity contribution < 1.29 is 41.8 Å². The first-order valence-corrected chi connectivity index (χ1v) is 18.6. The molecule has 2 atom stereocenters. The van der Waals surface area contributed by atoms with Crippen LogP contribution in [0.5, 0.6) is 11.5 Å². The van der Waals surface area contributed by atoms with E-state index in [-0.39, 0.29) is 69.0 Å². The molecule has 0 aromatic heterocycles. The minimum atomic E-state index is -4.51. The van der Waals surface area contributed by atoms with Crippen LogP contribution in [0.1, 0.15) is 66.3 Å². The first kappa shape index (κ1) is 39.2. The van der Waals surface area contributed by atoms with Crippen LogP contribution in [0, 0.1) is 13.8 Å². The second kappa shape index (κ2) is 16.9. The van der Waals surface area contributed by atoms with E-state index < -0.39 is 17.8 Å². The van der Waals surface area contributed by atoms with Crippen LogP contribution in [0.4, 0.5) is 13.2 Å². The monoisotopic (exact) mass is 767 g/mol. The number of hydrogen-bond donors (Lipinski definition) is 1. The van der Waals surface area contributed by atoms with E-state index in [1.165, 1.54) is 13.2 Å². The summed E-state index contributed by atoms with van der Waals surface area (Å²) in [6, 6.07) is 15.6. The third kappa shape index (κ3) is 9.57. The van der Waals surface area contributed by atoms with Crippen LogP contribution in [-0.2, 0) is 31.8 Å². The molecule has 3 aliphatic rings. The van der Waals surface area contributed by atoms with Crippen molar-refractivity contribution in [2.75, 3.05) is 33.4 Å². The number of ether oxygens (including phenoxy) is 3. The summed E-state index contributed by atoms with van der Waals surface area (Å²) in [5.41, 5.74) is 3.95. The molecule has 2 amide bonds. The minimum Gasteiger partial charge on any atom is -0.490 e. The summed E-state index contributed by atoms with van der Waals surface area (Å²) in [4.78, 5) is 43.1. The Morgan fingerprint density at radius 2 is 1.67 bits per heavy atom. The lowest BCUT2D eigenvalue weighted by Crippen LogP contribution is -2.62. The highest BCUT2D eigenvalue weighted by Crippen LogP contribution is 2.38. The van der Waals surface area contributed by atoms with Gasteiger partial charge in [0.15, 0.2) is 0 Å². The van der Waals surface area contributed by atoms with Crippen LogP contribution in [0.2, 0.25) is 5.02 Å². The number of fused-ring (bicyclic) bond motifs is 2. The van der Waals surface area contributed by atoms with Crippen LogP contribution >= 0.6 is 11.6 Å². The number of aryl methyl sites for hydroxylation is 2. The molecule has 0 spiro atoms. The molecule has 54 heavy (non-hydrogen) atoms. The normalized spacial score (nSPS) is 18.3. The first-order chi connectivity index (χ1) is 25.8. The van der Waals surface area contributed by atoms with Gasteiger partial charge in [-0.25, -0.2) is 0 Å². The van der Waals surface area contributed by atoms with Crippen LogP contribution < -0.4 is 14.8 Å². The zero-order valence-electron chi connectivity index (χ0n) is 30.6. The van der Waals surface area contributed by atoms with Gasteiger partial charge in [-0.3, -0.25) is 14.4 Å². The van der Waals surface area contributed by atoms with Gasteiger partial charge < -0.3 is 29.3 Å². The molecule has 2 heterocycles. The van der Waals surface area contributed by atoms with E-state index in [0.29, 0.717) is 47.0 Å². The van der Waals surface area contributed by atoms with E-state index in [2.05, 4.69) is 5.32 Å². The Morgan fingerprint density at radius 3 is 2.37 bits per heavy atom. The maximum atomic E-state index is 14.7. The van der Waals surface area contributed by atoms with Crippen molar-refractivity contribution in [2.24, 2.45) is 0 Å². The number of methoxy groups -OCH3 is 1. The number of benzene rings is 3. The summed E-state index contributed by atoms with van der Waals surface area (Å²) < 4.78 is 57.3. The minimum absolute atomic E-state index is 0.0265. The number of hydrogen-bond acceptors (Lipinski definition) is 7. The standard InChI is InChI=1S/C41H45ClF3N3O6/c1-25-18-34(42)36(19-26(25)2)54-17-16-53-32-14-10-28(11-15-32)33-21-30-23-47(37(49)8-5-9-38(50)52-3)24-35(46-30)39(33)40(51)48(31-12-13-31)22-27-6-4-7-29(20-27)41(43,44)45/h4,6-7,10-11,14-15,18-20,30-31,35,46H,5,8-9,12-13,16-17,21-24H2,1-3H3/t30-,35-/m1/s1. The van der Waals surface area contributed by atoms with Gasteiger partial charge in [-0.1, -0.05) is 35.9 Å². The van der Waals surface area contributed by atoms with E-state index in [1.807, 2.05) is 50.2 Å². The summed E-state index contributed by atoms with van der Waals surface area (Å²) in [6.07, 6.45) is -1.89. The van der Waals surface area contributed by atoms with Crippen LogP contribution in [0.3, 0.4) is 0 Å². The molecule has 288 valence electrons. The number of carbonyl (C=O) groups excluding carboxylic acids is 3. The molecule has 1 saturated carbocycles. The predicted octanol–water partition coefficient (Wildman–Crippen LogP) is 7.29. The number of amides is 2. The maximum absolute atomic E-state index is 14.7. The second-order valence-electron chi connectivity index (χ2n) is 14.2. The molecule has 6 rings (SSSR count). The Morgan fingerprint density at radius 1 is 0.944 bits per heavy atom. The molecular weight excluding hydrogens is 723 g/mol. The van der Waals surface area contributed by atoms with E-state index >= 15 is 0 Å². The van der Waals surface area contributed by atoms with Crippen molar-refractivity contribution in [3.05, 3.63) is 99.1 Å². The van der Waals surface area contributed by atoms with E-state index in [1.54, 1.807) is 15.9 Å². The van der Waals surface area contributed by atoms with Gasteiger partial charge in [0.1, 0.15) is 24.7 Å². The Balaban J connectivity index is 1.23. The third-order valence-corrected chi connectivity index (χ3v) is 10.5. The number of esters is 1. The highest BCUT2D eigenvalue weighted by Gasteiger charge is 2.43. The number of alkyl halides is 3. The fourth-order valence-electron chi connectivity index (χ4n) is 7.09. The van der Waals surface area contributed by atoms with Crippen molar-refractivity contribution in [3.8, 4) is 11.5 Å². The molecule has 13 heteroatoms. The molecule has 2 fully saturated rings. The van der Waals surface area contributed by atoms with Gasteiger partial charge in [-0.15, -0.1) is 0 Å². The number of rotatable bonds is 14. The Hall–Kier alpha value is -4.55. The molecular formula is C41H45ClF3N3O6. The van der Waals surface area contributed by atoms with Crippen molar-refractivity contribution in [1.82, 2.24) is 15.1 Å². The van der Waals surface area contributed by atoms with Crippen molar-refractivity contribution in [2.45, 2.75) is 83.2 Å². The summed E-state index contributed by atoms with van der Waals surface area (Å²) >= 11 is 6.34. The lowest BCUT2D eigenvalue weighted by Gasteiger charge is -2.45. The maximum Gasteiger partial charge on any atom is 0.416 e. The molecule has 0 unspecified atom stereocenters. The summed E-state index contributed by atoms with van der Waals surface area (Å²) in [5.74, 6) is 0.453. The summed E-state index contributed by atoms with van der Waals surface area (Å²) in [5, 5.41) is 4.09. The lowest BCUT2D eigenvalue weighted by molar-refractivity contribution is -0.141. The van der Waals surface area contributed by atoms with Gasteiger partial charge >= 0.3 is 12.1 Å². The van der Waals surface area contributed by atoms with Crippen LogP contribution in [0.25, 0.3) is 5.57 Å². The average molecular weight is 768 g/mol. The van der Waals surface area contributed by atoms with E-state index in [0.717, 1.165) is 47.2 Å². The highest BCUT2D eigenvalue weighted by molar-refractivity contribution is 6.32. The molecule has 3 aromatic carbocycles.